The molecule has 0 saturated carbocycles. The maximum Gasteiger partial charge on any atom is 0.191 e. The highest BCUT2D eigenvalue weighted by molar-refractivity contribution is 5.79. The van der Waals surface area contributed by atoms with Gasteiger partial charge in [-0.1, -0.05) is 24.3 Å². The third-order valence-corrected chi connectivity index (χ3v) is 4.27. The first-order valence-electron chi connectivity index (χ1n) is 9.73. The van der Waals surface area contributed by atoms with Crippen LogP contribution in [0.4, 0.5) is 0 Å². The molecule has 0 spiro atoms. The van der Waals surface area contributed by atoms with Crippen LogP contribution in [0.15, 0.2) is 41.7 Å². The standard InChI is InChI=1S/C21H33N5O2/c1-6-22-20(24-15-21(4,27)19-12-25-26(5)13-19)23-11-17-8-7-9-18(10-17)14-28-16(2)3/h7-10,12-13,16,27H,6,11,14-15H2,1-5H3,(H2,22,23,24). The zero-order valence-corrected chi connectivity index (χ0v) is 17.6. The SMILES string of the molecule is CCNC(=NCc1cccc(COC(C)C)c1)NCC(C)(O)c1cnn(C)c1. The van der Waals surface area contributed by atoms with Crippen molar-refractivity contribution < 1.29 is 9.84 Å². The molecule has 3 N–H and O–H groups in total. The lowest BCUT2D eigenvalue weighted by molar-refractivity contribution is 0.0616. The summed E-state index contributed by atoms with van der Waals surface area (Å²) in [6.45, 7) is 10.0. The Bertz CT molecular complexity index is 768. The van der Waals surface area contributed by atoms with E-state index in [-0.39, 0.29) is 6.10 Å². The number of aliphatic imine (C=N–C) groups is 1. The van der Waals surface area contributed by atoms with Crippen LogP contribution in [0.5, 0.6) is 0 Å². The molecule has 1 unspecified atom stereocenters. The quantitative estimate of drug-likeness (QED) is 0.454. The van der Waals surface area contributed by atoms with Gasteiger partial charge < -0.3 is 20.5 Å². The fraction of sp³-hybridized carbons (Fsp3) is 0.524. The van der Waals surface area contributed by atoms with Gasteiger partial charge in [0.15, 0.2) is 5.96 Å². The molecule has 1 aromatic heterocycles. The molecule has 0 aliphatic heterocycles. The number of nitrogens with one attached hydrogen (secondary N) is 2. The zero-order chi connectivity index (χ0) is 20.6. The monoisotopic (exact) mass is 387 g/mol. The predicted molar refractivity (Wildman–Crippen MR) is 112 cm³/mol. The Morgan fingerprint density at radius 2 is 2.07 bits per heavy atom. The van der Waals surface area contributed by atoms with Crippen molar-refractivity contribution in [2.45, 2.75) is 52.6 Å². The van der Waals surface area contributed by atoms with Crippen molar-refractivity contribution in [2.24, 2.45) is 12.0 Å². The first-order valence-corrected chi connectivity index (χ1v) is 9.73. The van der Waals surface area contributed by atoms with E-state index >= 15 is 0 Å². The number of aryl methyl sites for hydroxylation is 1. The topological polar surface area (TPSA) is 83.7 Å². The number of hydrogen-bond acceptors (Lipinski definition) is 4. The third kappa shape index (κ3) is 6.98. The van der Waals surface area contributed by atoms with Crippen molar-refractivity contribution in [1.29, 1.82) is 0 Å². The lowest BCUT2D eigenvalue weighted by Gasteiger charge is -2.23. The first-order chi connectivity index (χ1) is 13.3. The second-order valence-electron chi connectivity index (χ2n) is 7.40. The third-order valence-electron chi connectivity index (χ3n) is 4.27. The van der Waals surface area contributed by atoms with Crippen LogP contribution in [0.1, 0.15) is 44.4 Å². The average molecular weight is 388 g/mol. The highest BCUT2D eigenvalue weighted by Crippen LogP contribution is 2.18. The van der Waals surface area contributed by atoms with Crippen molar-refractivity contribution in [1.82, 2.24) is 20.4 Å². The normalized spacial score (nSPS) is 14.2. The van der Waals surface area contributed by atoms with Crippen LogP contribution < -0.4 is 10.6 Å². The van der Waals surface area contributed by atoms with E-state index in [9.17, 15) is 5.11 Å². The second-order valence-corrected chi connectivity index (χ2v) is 7.40. The molecule has 0 aliphatic rings. The van der Waals surface area contributed by atoms with E-state index in [4.69, 9.17) is 4.74 Å². The Morgan fingerprint density at radius 1 is 1.32 bits per heavy atom. The Kier molecular flexibility index (Phi) is 8.02. The van der Waals surface area contributed by atoms with Gasteiger partial charge in [0.1, 0.15) is 5.60 Å². The number of guanidine groups is 1. The summed E-state index contributed by atoms with van der Waals surface area (Å²) in [4.78, 5) is 4.64. The fourth-order valence-corrected chi connectivity index (χ4v) is 2.65. The minimum absolute atomic E-state index is 0.207. The molecule has 0 saturated heterocycles. The smallest absolute Gasteiger partial charge is 0.191 e. The van der Waals surface area contributed by atoms with Gasteiger partial charge in [-0.3, -0.25) is 4.68 Å². The zero-order valence-electron chi connectivity index (χ0n) is 17.6. The minimum atomic E-state index is -1.04. The molecule has 7 nitrogen and oxygen atoms in total. The number of hydrogen-bond donors (Lipinski definition) is 3. The Balaban J connectivity index is 1.99. The van der Waals surface area contributed by atoms with E-state index in [1.807, 2.05) is 40.1 Å². The molecule has 7 heteroatoms. The average Bonchev–Trinajstić information content (AvgIpc) is 3.10. The van der Waals surface area contributed by atoms with Gasteiger partial charge in [0.25, 0.3) is 0 Å². The van der Waals surface area contributed by atoms with E-state index in [1.54, 1.807) is 17.8 Å². The summed E-state index contributed by atoms with van der Waals surface area (Å²) in [7, 11) is 1.83. The van der Waals surface area contributed by atoms with Crippen LogP contribution >= 0.6 is 0 Å². The van der Waals surface area contributed by atoms with Gasteiger partial charge in [0.05, 0.1) is 32.0 Å². The molecule has 1 atom stereocenters. The summed E-state index contributed by atoms with van der Waals surface area (Å²) >= 11 is 0. The van der Waals surface area contributed by atoms with Gasteiger partial charge in [0.2, 0.25) is 0 Å². The summed E-state index contributed by atoms with van der Waals surface area (Å²) in [6.07, 6.45) is 3.70. The molecule has 2 aromatic rings. The van der Waals surface area contributed by atoms with Crippen molar-refractivity contribution in [3.05, 3.63) is 53.3 Å². The van der Waals surface area contributed by atoms with E-state index in [2.05, 4.69) is 38.9 Å². The van der Waals surface area contributed by atoms with Gasteiger partial charge in [-0.2, -0.15) is 5.10 Å². The Morgan fingerprint density at radius 3 is 2.71 bits per heavy atom. The van der Waals surface area contributed by atoms with Gasteiger partial charge in [-0.15, -0.1) is 0 Å². The highest BCUT2D eigenvalue weighted by atomic mass is 16.5. The highest BCUT2D eigenvalue weighted by Gasteiger charge is 2.24. The van der Waals surface area contributed by atoms with E-state index in [1.165, 1.54) is 0 Å². The molecule has 28 heavy (non-hydrogen) atoms. The molecular formula is C21H33N5O2. The summed E-state index contributed by atoms with van der Waals surface area (Å²) in [6, 6.07) is 8.25. The maximum atomic E-state index is 10.7. The molecule has 1 heterocycles. The van der Waals surface area contributed by atoms with Crippen LogP contribution in [0, 0.1) is 0 Å². The summed E-state index contributed by atoms with van der Waals surface area (Å²) in [5.74, 6) is 0.662. The van der Waals surface area contributed by atoms with Crippen LogP contribution in [0.3, 0.4) is 0 Å². The van der Waals surface area contributed by atoms with E-state index < -0.39 is 5.60 Å². The molecule has 2 rings (SSSR count). The number of rotatable bonds is 9. The van der Waals surface area contributed by atoms with Crippen molar-refractivity contribution in [3.8, 4) is 0 Å². The number of aliphatic hydroxyl groups is 1. The van der Waals surface area contributed by atoms with Gasteiger partial charge >= 0.3 is 0 Å². The predicted octanol–water partition coefficient (Wildman–Crippen LogP) is 2.31. The van der Waals surface area contributed by atoms with Crippen molar-refractivity contribution >= 4 is 5.96 Å². The second kappa shape index (κ2) is 10.2. The number of benzene rings is 1. The van der Waals surface area contributed by atoms with Gasteiger partial charge in [-0.25, -0.2) is 4.99 Å². The molecule has 1 aromatic carbocycles. The van der Waals surface area contributed by atoms with Crippen LogP contribution in [0.25, 0.3) is 0 Å². The van der Waals surface area contributed by atoms with Crippen LogP contribution in [0.2, 0.25) is 0 Å². The van der Waals surface area contributed by atoms with Crippen molar-refractivity contribution in [2.75, 3.05) is 13.1 Å². The fourth-order valence-electron chi connectivity index (χ4n) is 2.65. The lowest BCUT2D eigenvalue weighted by Crippen LogP contribution is -2.44. The summed E-state index contributed by atoms with van der Waals surface area (Å²) in [5.41, 5.74) is 1.97. The van der Waals surface area contributed by atoms with Gasteiger partial charge in [0, 0.05) is 25.4 Å². The van der Waals surface area contributed by atoms with E-state index in [0.717, 1.165) is 23.2 Å². The van der Waals surface area contributed by atoms with Crippen LogP contribution in [-0.2, 0) is 30.5 Å². The lowest BCUT2D eigenvalue weighted by atomic mass is 10.00. The number of nitrogens with zero attached hydrogens (tertiary/aromatic N) is 3. The molecule has 0 fully saturated rings. The first kappa shape index (κ1) is 21.9. The minimum Gasteiger partial charge on any atom is -0.383 e. The number of ether oxygens (including phenoxy) is 1. The largest absolute Gasteiger partial charge is 0.383 e. The molecule has 0 aliphatic carbocycles. The summed E-state index contributed by atoms with van der Waals surface area (Å²) in [5, 5.41) is 21.3. The van der Waals surface area contributed by atoms with E-state index in [0.29, 0.717) is 25.7 Å². The number of aromatic nitrogens is 2. The molecule has 0 bridgehead atoms. The maximum absolute atomic E-state index is 10.7. The van der Waals surface area contributed by atoms with Gasteiger partial charge in [-0.05, 0) is 38.8 Å². The van der Waals surface area contributed by atoms with Crippen LogP contribution in [-0.4, -0.2) is 40.0 Å². The molecular weight excluding hydrogens is 354 g/mol. The summed E-state index contributed by atoms with van der Waals surface area (Å²) < 4.78 is 7.35. The Hall–Kier alpha value is -2.38. The molecule has 0 radical (unpaired) electrons. The van der Waals surface area contributed by atoms with Crippen molar-refractivity contribution in [3.63, 3.8) is 0 Å². The Labute approximate surface area is 167 Å². The molecule has 154 valence electrons. The molecule has 0 amide bonds.